The quantitative estimate of drug-likeness (QED) is 0.856. The van der Waals surface area contributed by atoms with Crippen molar-refractivity contribution in [2.45, 2.75) is 24.8 Å². The highest BCUT2D eigenvalue weighted by Crippen LogP contribution is 2.51. The highest BCUT2D eigenvalue weighted by Gasteiger charge is 2.42. The molecule has 5 rings (SSSR count). The van der Waals surface area contributed by atoms with E-state index in [1.807, 2.05) is 12.1 Å². The van der Waals surface area contributed by atoms with Gasteiger partial charge in [-0.2, -0.15) is 0 Å². The van der Waals surface area contributed by atoms with E-state index in [4.69, 9.17) is 4.74 Å². The predicted molar refractivity (Wildman–Crippen MR) is 93.3 cm³/mol. The fourth-order valence-corrected chi connectivity index (χ4v) is 4.64. The van der Waals surface area contributed by atoms with Crippen LogP contribution in [0.15, 0.2) is 30.3 Å². The number of nitrogens with zero attached hydrogens (tertiary/aromatic N) is 1. The van der Waals surface area contributed by atoms with Crippen molar-refractivity contribution in [3.63, 3.8) is 0 Å². The molecule has 3 nitrogen and oxygen atoms in total. The molecule has 130 valence electrons. The summed E-state index contributed by atoms with van der Waals surface area (Å²) in [5, 5.41) is 3.46. The van der Waals surface area contributed by atoms with Crippen LogP contribution in [0.3, 0.4) is 0 Å². The Hall–Kier alpha value is -2.14. The van der Waals surface area contributed by atoms with Gasteiger partial charge in [-0.3, -0.25) is 0 Å². The van der Waals surface area contributed by atoms with Crippen LogP contribution in [0.4, 0.5) is 14.5 Å². The van der Waals surface area contributed by atoms with E-state index in [1.165, 1.54) is 18.2 Å². The van der Waals surface area contributed by atoms with Crippen molar-refractivity contribution in [1.82, 2.24) is 5.32 Å². The van der Waals surface area contributed by atoms with Crippen LogP contribution in [0.25, 0.3) is 11.1 Å². The second-order valence-electron chi connectivity index (χ2n) is 7.07. The van der Waals surface area contributed by atoms with Gasteiger partial charge in [0.05, 0.1) is 17.9 Å². The summed E-state index contributed by atoms with van der Waals surface area (Å²) < 4.78 is 34.6. The maximum atomic E-state index is 14.3. The lowest BCUT2D eigenvalue weighted by Crippen LogP contribution is -2.44. The van der Waals surface area contributed by atoms with Crippen molar-refractivity contribution >= 4 is 5.69 Å². The zero-order valence-corrected chi connectivity index (χ0v) is 13.9. The van der Waals surface area contributed by atoms with Crippen LogP contribution < -0.4 is 15.0 Å². The Kier molecular flexibility index (Phi) is 3.45. The van der Waals surface area contributed by atoms with Crippen LogP contribution in [0.2, 0.25) is 0 Å². The van der Waals surface area contributed by atoms with Crippen LogP contribution in [-0.2, 0) is 0 Å². The lowest BCUT2D eigenvalue weighted by Gasteiger charge is -2.33. The average Bonchev–Trinajstić information content (AvgIpc) is 2.77. The number of nitrogens with one attached hydrogen (secondary N) is 1. The molecule has 0 spiro atoms. The van der Waals surface area contributed by atoms with Crippen molar-refractivity contribution in [1.29, 1.82) is 0 Å². The van der Waals surface area contributed by atoms with Crippen molar-refractivity contribution in [2.75, 3.05) is 31.1 Å². The fraction of sp³-hybridized carbons (Fsp3) is 0.400. The number of halogens is 2. The van der Waals surface area contributed by atoms with Crippen molar-refractivity contribution in [2.24, 2.45) is 0 Å². The van der Waals surface area contributed by atoms with Gasteiger partial charge in [-0.25, -0.2) is 8.78 Å². The number of rotatable bonds is 1. The third-order valence-corrected chi connectivity index (χ3v) is 5.69. The van der Waals surface area contributed by atoms with Gasteiger partial charge in [0.25, 0.3) is 0 Å². The molecule has 2 atom stereocenters. The SMILES string of the molecule is Fc1cccc(F)c1-c1cc2c3c(c1)C1CNCCC1N3CCCO2. The van der Waals surface area contributed by atoms with Gasteiger partial charge in [-0.1, -0.05) is 6.07 Å². The second kappa shape index (κ2) is 5.70. The molecule has 0 radical (unpaired) electrons. The van der Waals surface area contributed by atoms with Crippen molar-refractivity contribution in [3.05, 3.63) is 47.5 Å². The van der Waals surface area contributed by atoms with E-state index in [2.05, 4.69) is 10.2 Å². The van der Waals surface area contributed by atoms with Gasteiger partial charge in [-0.15, -0.1) is 0 Å². The molecular formula is C20H20F2N2O. The van der Waals surface area contributed by atoms with Crippen LogP contribution in [-0.4, -0.2) is 32.3 Å². The highest BCUT2D eigenvalue weighted by atomic mass is 19.1. The summed E-state index contributed by atoms with van der Waals surface area (Å²) in [6, 6.07) is 8.25. The molecule has 0 aromatic heterocycles. The normalized spacial score (nSPS) is 24.3. The zero-order chi connectivity index (χ0) is 17.0. The Morgan fingerprint density at radius 3 is 2.84 bits per heavy atom. The first kappa shape index (κ1) is 15.1. The molecule has 3 heterocycles. The van der Waals surface area contributed by atoms with E-state index in [1.54, 1.807) is 0 Å². The number of piperidine rings is 1. The van der Waals surface area contributed by atoms with E-state index in [9.17, 15) is 8.78 Å². The number of fused-ring (bicyclic) bond motifs is 3. The molecule has 3 aliphatic heterocycles. The molecule has 0 bridgehead atoms. The summed E-state index contributed by atoms with van der Waals surface area (Å²) in [6.45, 7) is 3.53. The number of ether oxygens (including phenoxy) is 1. The summed E-state index contributed by atoms with van der Waals surface area (Å²) in [5.74, 6) is 0.0453. The molecule has 2 aromatic carbocycles. The molecule has 5 heteroatoms. The molecule has 1 N–H and O–H groups in total. The summed E-state index contributed by atoms with van der Waals surface area (Å²) in [7, 11) is 0. The molecule has 0 aliphatic carbocycles. The topological polar surface area (TPSA) is 24.5 Å². The molecule has 1 fully saturated rings. The maximum absolute atomic E-state index is 14.3. The lowest BCUT2D eigenvalue weighted by molar-refractivity contribution is 0.319. The Bertz CT molecular complexity index is 818. The highest BCUT2D eigenvalue weighted by molar-refractivity contribution is 5.79. The van der Waals surface area contributed by atoms with Gasteiger partial charge in [0.2, 0.25) is 0 Å². The van der Waals surface area contributed by atoms with E-state index in [0.29, 0.717) is 24.1 Å². The Morgan fingerprint density at radius 1 is 1.16 bits per heavy atom. The summed E-state index contributed by atoms with van der Waals surface area (Å²) >= 11 is 0. The molecule has 2 aromatic rings. The van der Waals surface area contributed by atoms with Crippen LogP contribution >= 0.6 is 0 Å². The van der Waals surface area contributed by atoms with Gasteiger partial charge >= 0.3 is 0 Å². The monoisotopic (exact) mass is 342 g/mol. The first-order valence-electron chi connectivity index (χ1n) is 8.96. The van der Waals surface area contributed by atoms with Crippen molar-refractivity contribution in [3.8, 4) is 16.9 Å². The number of anilines is 1. The molecule has 25 heavy (non-hydrogen) atoms. The summed E-state index contributed by atoms with van der Waals surface area (Å²) in [5.41, 5.74) is 2.90. The van der Waals surface area contributed by atoms with Crippen LogP contribution in [0.5, 0.6) is 5.75 Å². The van der Waals surface area contributed by atoms with Gasteiger partial charge < -0.3 is 15.0 Å². The Morgan fingerprint density at radius 2 is 2.00 bits per heavy atom. The minimum atomic E-state index is -0.533. The van der Waals surface area contributed by atoms with Gasteiger partial charge in [0.1, 0.15) is 17.4 Å². The minimum absolute atomic E-state index is 0.0353. The Balaban J connectivity index is 1.72. The standard InChI is InChI=1S/C20H20F2N2O/c21-15-3-1-4-16(22)19(15)12-9-13-14-11-23-6-5-17(14)24-7-2-8-25-18(10-12)20(13)24/h1,3-4,9-10,14,17,23H,2,5-8,11H2. The van der Waals surface area contributed by atoms with Gasteiger partial charge in [-0.05, 0) is 54.8 Å². The molecule has 0 amide bonds. The smallest absolute Gasteiger partial charge is 0.143 e. The predicted octanol–water partition coefficient (Wildman–Crippen LogP) is 3.68. The zero-order valence-electron chi connectivity index (χ0n) is 13.9. The molecule has 0 saturated carbocycles. The van der Waals surface area contributed by atoms with E-state index < -0.39 is 11.6 Å². The summed E-state index contributed by atoms with van der Waals surface area (Å²) in [4.78, 5) is 2.46. The number of hydrogen-bond donors (Lipinski definition) is 1. The van der Waals surface area contributed by atoms with Gasteiger partial charge in [0.15, 0.2) is 0 Å². The van der Waals surface area contributed by atoms with E-state index in [0.717, 1.165) is 49.5 Å². The molecular weight excluding hydrogens is 322 g/mol. The molecule has 3 aliphatic rings. The van der Waals surface area contributed by atoms with E-state index in [-0.39, 0.29) is 5.56 Å². The molecule has 1 saturated heterocycles. The second-order valence-corrected chi connectivity index (χ2v) is 7.07. The third kappa shape index (κ3) is 2.25. The van der Waals surface area contributed by atoms with Crippen LogP contribution in [0, 0.1) is 11.6 Å². The fourth-order valence-electron chi connectivity index (χ4n) is 4.64. The maximum Gasteiger partial charge on any atom is 0.143 e. The number of benzene rings is 2. The molecule has 2 unspecified atom stereocenters. The van der Waals surface area contributed by atoms with Crippen molar-refractivity contribution < 1.29 is 13.5 Å². The summed E-state index contributed by atoms with van der Waals surface area (Å²) in [6.07, 6.45) is 2.05. The minimum Gasteiger partial charge on any atom is -0.491 e. The first-order chi connectivity index (χ1) is 12.2. The first-order valence-corrected chi connectivity index (χ1v) is 8.96. The number of hydrogen-bond acceptors (Lipinski definition) is 3. The van der Waals surface area contributed by atoms with E-state index >= 15 is 0 Å². The third-order valence-electron chi connectivity index (χ3n) is 5.69. The van der Waals surface area contributed by atoms with Gasteiger partial charge in [0, 0.05) is 25.0 Å². The largest absolute Gasteiger partial charge is 0.491 e. The van der Waals surface area contributed by atoms with Crippen LogP contribution in [0.1, 0.15) is 24.3 Å². The lowest BCUT2D eigenvalue weighted by atomic mass is 9.88. The average molecular weight is 342 g/mol. The Labute approximate surface area is 145 Å².